The minimum atomic E-state index is -0.638. The molecule has 62 valence electrons. The van der Waals surface area contributed by atoms with Crippen LogP contribution in [0.25, 0.3) is 11.0 Å². The van der Waals surface area contributed by atoms with Crippen LogP contribution in [0.1, 0.15) is 0 Å². The first-order chi connectivity index (χ1) is 5.68. The van der Waals surface area contributed by atoms with Crippen LogP contribution < -0.4 is 17.0 Å². The Labute approximate surface area is 64.2 Å². The summed E-state index contributed by atoms with van der Waals surface area (Å²) in [6, 6.07) is 0. The van der Waals surface area contributed by atoms with E-state index >= 15 is 0 Å². The summed E-state index contributed by atoms with van der Waals surface area (Å²) in [5, 5.41) is 3.43. The lowest BCUT2D eigenvalue weighted by Crippen LogP contribution is -2.21. The highest BCUT2D eigenvalue weighted by Gasteiger charge is 2.09. The highest BCUT2D eigenvalue weighted by Crippen LogP contribution is 2.10. The van der Waals surface area contributed by atoms with Crippen LogP contribution in [-0.2, 0) is 0 Å². The lowest BCUT2D eigenvalue weighted by Gasteiger charge is -1.83. The van der Waals surface area contributed by atoms with E-state index < -0.39 is 11.2 Å². The molecule has 0 aliphatic heterocycles. The number of nitrogens with two attached hydrogens (primary N) is 1. The molecule has 0 bridgehead atoms. The van der Waals surface area contributed by atoms with Gasteiger partial charge >= 0.3 is 5.69 Å². The van der Waals surface area contributed by atoms with Crippen LogP contribution in [0.4, 0.5) is 5.88 Å². The fraction of sp³-hybridized carbons (Fsp3) is 0. The summed E-state index contributed by atoms with van der Waals surface area (Å²) in [5.74, 6) is -0.109. The van der Waals surface area contributed by atoms with E-state index in [4.69, 9.17) is 5.73 Å². The van der Waals surface area contributed by atoms with E-state index in [9.17, 15) is 9.59 Å². The van der Waals surface area contributed by atoms with Crippen molar-refractivity contribution in [2.45, 2.75) is 0 Å². The zero-order valence-corrected chi connectivity index (χ0v) is 5.75. The number of nitrogens with one attached hydrogen (secondary N) is 2. The summed E-state index contributed by atoms with van der Waals surface area (Å²) < 4.78 is 4.49. The standard InChI is InChI=1S/C5H4N4O3/c6-2-1-3(9-12-2)7-5(11)8-4(1)10/h6H2,(H2,7,8,9,10,11). The predicted octanol–water partition coefficient (Wildman–Crippen LogP) is -1.21. The monoisotopic (exact) mass is 168 g/mol. The molecular formula is C5H4N4O3. The van der Waals surface area contributed by atoms with E-state index in [2.05, 4.69) is 14.7 Å². The summed E-state index contributed by atoms with van der Waals surface area (Å²) in [5.41, 5.74) is 4.07. The average Bonchev–Trinajstić information content (AvgIpc) is 2.31. The Hall–Kier alpha value is -2.05. The zero-order chi connectivity index (χ0) is 8.72. The molecule has 0 atom stereocenters. The largest absolute Gasteiger partial charge is 0.367 e. The normalized spacial score (nSPS) is 10.7. The fourth-order valence-corrected chi connectivity index (χ4v) is 0.912. The zero-order valence-electron chi connectivity index (χ0n) is 5.75. The quantitative estimate of drug-likeness (QED) is 0.456. The maximum absolute atomic E-state index is 11.0. The summed E-state index contributed by atoms with van der Waals surface area (Å²) in [4.78, 5) is 26.0. The van der Waals surface area contributed by atoms with Crippen LogP contribution in [0.5, 0.6) is 0 Å². The molecule has 0 aliphatic carbocycles. The van der Waals surface area contributed by atoms with Crippen molar-refractivity contribution in [2.24, 2.45) is 0 Å². The third-order valence-corrected chi connectivity index (χ3v) is 1.40. The van der Waals surface area contributed by atoms with Crippen LogP contribution in [0.2, 0.25) is 0 Å². The van der Waals surface area contributed by atoms with Gasteiger partial charge in [-0.25, -0.2) is 4.79 Å². The number of nitrogens with zero attached hydrogens (tertiary/aromatic N) is 1. The number of anilines is 1. The van der Waals surface area contributed by atoms with Gasteiger partial charge in [0, 0.05) is 0 Å². The van der Waals surface area contributed by atoms with E-state index in [0.717, 1.165) is 0 Å². The van der Waals surface area contributed by atoms with Gasteiger partial charge in [-0.05, 0) is 0 Å². The third-order valence-electron chi connectivity index (χ3n) is 1.40. The highest BCUT2D eigenvalue weighted by atomic mass is 16.5. The van der Waals surface area contributed by atoms with Crippen molar-refractivity contribution in [1.82, 2.24) is 15.1 Å². The molecule has 2 aromatic rings. The SMILES string of the molecule is Nc1onc2[nH]c(=O)[nH]c(=O)c12. The maximum atomic E-state index is 11.0. The maximum Gasteiger partial charge on any atom is 0.327 e. The topological polar surface area (TPSA) is 118 Å². The van der Waals surface area contributed by atoms with Gasteiger partial charge in [-0.1, -0.05) is 5.16 Å². The van der Waals surface area contributed by atoms with Crippen molar-refractivity contribution in [2.75, 3.05) is 5.73 Å². The number of rotatable bonds is 0. The number of aromatic amines is 2. The molecule has 2 aromatic heterocycles. The molecule has 7 nitrogen and oxygen atoms in total. The number of H-pyrrole nitrogens is 2. The molecule has 0 saturated carbocycles. The fourth-order valence-electron chi connectivity index (χ4n) is 0.912. The summed E-state index contributed by atoms with van der Waals surface area (Å²) in [6.45, 7) is 0. The summed E-state index contributed by atoms with van der Waals surface area (Å²) in [7, 11) is 0. The Morgan fingerprint density at radius 1 is 1.33 bits per heavy atom. The van der Waals surface area contributed by atoms with Gasteiger partial charge in [0.15, 0.2) is 5.65 Å². The van der Waals surface area contributed by atoms with Gasteiger partial charge in [0.1, 0.15) is 5.39 Å². The number of hydrogen-bond acceptors (Lipinski definition) is 5. The number of nitrogen functional groups attached to an aromatic ring is 1. The molecule has 0 unspecified atom stereocenters. The highest BCUT2D eigenvalue weighted by molar-refractivity contribution is 5.82. The van der Waals surface area contributed by atoms with Gasteiger partial charge in [-0.15, -0.1) is 0 Å². The van der Waals surface area contributed by atoms with E-state index in [0.29, 0.717) is 0 Å². The molecule has 0 aromatic carbocycles. The van der Waals surface area contributed by atoms with Gasteiger partial charge in [0.05, 0.1) is 0 Å². The molecule has 0 aliphatic rings. The minimum absolute atomic E-state index is 0.0567. The lowest BCUT2D eigenvalue weighted by atomic mass is 10.4. The number of fused-ring (bicyclic) bond motifs is 1. The molecule has 0 saturated heterocycles. The molecular weight excluding hydrogens is 164 g/mol. The first-order valence-electron chi connectivity index (χ1n) is 3.06. The van der Waals surface area contributed by atoms with Crippen LogP contribution in [0.15, 0.2) is 14.1 Å². The van der Waals surface area contributed by atoms with Crippen molar-refractivity contribution in [3.8, 4) is 0 Å². The van der Waals surface area contributed by atoms with Gasteiger partial charge in [0.25, 0.3) is 5.56 Å². The summed E-state index contributed by atoms with van der Waals surface area (Å²) >= 11 is 0. The van der Waals surface area contributed by atoms with Crippen LogP contribution in [0.3, 0.4) is 0 Å². The molecule has 12 heavy (non-hydrogen) atoms. The second-order valence-corrected chi connectivity index (χ2v) is 2.18. The van der Waals surface area contributed by atoms with Gasteiger partial charge < -0.3 is 10.3 Å². The second kappa shape index (κ2) is 1.97. The van der Waals surface area contributed by atoms with E-state index in [1.165, 1.54) is 0 Å². The lowest BCUT2D eigenvalue weighted by molar-refractivity contribution is 0.443. The minimum Gasteiger partial charge on any atom is -0.367 e. The smallest absolute Gasteiger partial charge is 0.327 e. The van der Waals surface area contributed by atoms with Crippen molar-refractivity contribution < 1.29 is 4.52 Å². The van der Waals surface area contributed by atoms with Crippen molar-refractivity contribution in [1.29, 1.82) is 0 Å². The third kappa shape index (κ3) is 0.729. The van der Waals surface area contributed by atoms with E-state index in [1.807, 2.05) is 4.98 Å². The van der Waals surface area contributed by atoms with Crippen LogP contribution >= 0.6 is 0 Å². The molecule has 0 spiro atoms. The van der Waals surface area contributed by atoms with Crippen LogP contribution in [0, 0.1) is 0 Å². The Kier molecular flexibility index (Phi) is 1.09. The molecule has 2 heterocycles. The Morgan fingerprint density at radius 3 is 2.83 bits per heavy atom. The average molecular weight is 168 g/mol. The van der Waals surface area contributed by atoms with Crippen molar-refractivity contribution in [3.63, 3.8) is 0 Å². The molecule has 0 amide bonds. The van der Waals surface area contributed by atoms with Gasteiger partial charge in [-0.3, -0.25) is 14.8 Å². The molecule has 0 radical (unpaired) electrons. The Bertz CT molecular complexity index is 533. The van der Waals surface area contributed by atoms with Crippen molar-refractivity contribution in [3.05, 3.63) is 20.8 Å². The molecule has 2 rings (SSSR count). The molecule has 0 fully saturated rings. The first-order valence-corrected chi connectivity index (χ1v) is 3.06. The van der Waals surface area contributed by atoms with E-state index in [-0.39, 0.29) is 16.9 Å². The molecule has 7 heteroatoms. The second-order valence-electron chi connectivity index (χ2n) is 2.18. The Morgan fingerprint density at radius 2 is 2.08 bits per heavy atom. The predicted molar refractivity (Wildman–Crippen MR) is 39.7 cm³/mol. The number of aromatic nitrogens is 3. The van der Waals surface area contributed by atoms with E-state index in [1.54, 1.807) is 0 Å². The first kappa shape index (κ1) is 6.65. The van der Waals surface area contributed by atoms with Gasteiger partial charge in [0.2, 0.25) is 5.88 Å². The summed E-state index contributed by atoms with van der Waals surface area (Å²) in [6.07, 6.45) is 0. The van der Waals surface area contributed by atoms with Crippen molar-refractivity contribution >= 4 is 16.9 Å². The Balaban J connectivity index is 3.13. The van der Waals surface area contributed by atoms with Gasteiger partial charge in [-0.2, -0.15) is 0 Å². The molecule has 4 N–H and O–H groups in total. The number of hydrogen-bond donors (Lipinski definition) is 3. The van der Waals surface area contributed by atoms with Crippen LogP contribution in [-0.4, -0.2) is 15.1 Å².